The highest BCUT2D eigenvalue weighted by molar-refractivity contribution is 9.10. The van der Waals surface area contributed by atoms with E-state index in [4.69, 9.17) is 5.11 Å². The molecule has 0 aromatic carbocycles. The fourth-order valence-electron chi connectivity index (χ4n) is 1.95. The van der Waals surface area contributed by atoms with Crippen molar-refractivity contribution in [3.63, 3.8) is 0 Å². The minimum Gasteiger partial charge on any atom is -0.478 e. The second-order valence-electron chi connectivity index (χ2n) is 4.29. The van der Waals surface area contributed by atoms with Gasteiger partial charge in [-0.15, -0.1) is 0 Å². The molecule has 2 aromatic rings. The minimum atomic E-state index is -0.956. The van der Waals surface area contributed by atoms with E-state index in [1.165, 1.54) is 6.20 Å². The Labute approximate surface area is 119 Å². The van der Waals surface area contributed by atoms with E-state index in [-0.39, 0.29) is 5.56 Å². The Morgan fingerprint density at radius 2 is 2.21 bits per heavy atom. The summed E-state index contributed by atoms with van der Waals surface area (Å²) in [6.07, 6.45) is 2.22. The van der Waals surface area contributed by atoms with Crippen LogP contribution < -0.4 is 0 Å². The lowest BCUT2D eigenvalue weighted by Gasteiger charge is -2.06. The van der Waals surface area contributed by atoms with Gasteiger partial charge in [0.1, 0.15) is 5.56 Å². The number of aromatic nitrogens is 4. The maximum Gasteiger partial charge on any atom is 0.339 e. The predicted molar refractivity (Wildman–Crippen MR) is 73.3 cm³/mol. The number of hydrogen-bond acceptors (Lipinski definition) is 3. The molecule has 1 N–H and O–H groups in total. The number of carboxylic acids is 1. The van der Waals surface area contributed by atoms with Crippen LogP contribution in [-0.4, -0.2) is 30.6 Å². The van der Waals surface area contributed by atoms with Gasteiger partial charge in [-0.3, -0.25) is 9.36 Å². The molecule has 0 fully saturated rings. The van der Waals surface area contributed by atoms with Gasteiger partial charge in [0, 0.05) is 7.05 Å². The molecule has 0 spiro atoms. The molecule has 0 aliphatic heterocycles. The number of nitrogens with zero attached hydrogens (tertiary/aromatic N) is 4. The van der Waals surface area contributed by atoms with Crippen LogP contribution in [0.5, 0.6) is 0 Å². The number of aromatic carboxylic acids is 1. The maximum atomic E-state index is 11.0. The summed E-state index contributed by atoms with van der Waals surface area (Å²) in [4.78, 5) is 11.0. The Balaban J connectivity index is 2.37. The first-order valence-electron chi connectivity index (χ1n) is 5.91. The Bertz CT molecular complexity index is 630. The number of carbonyl (C=O) groups is 1. The van der Waals surface area contributed by atoms with Crippen LogP contribution in [0.3, 0.4) is 0 Å². The zero-order chi connectivity index (χ0) is 14.2. The van der Waals surface area contributed by atoms with Gasteiger partial charge >= 0.3 is 5.97 Å². The lowest BCUT2D eigenvalue weighted by Crippen LogP contribution is -2.09. The van der Waals surface area contributed by atoms with E-state index >= 15 is 0 Å². The van der Waals surface area contributed by atoms with Gasteiger partial charge in [0.2, 0.25) is 0 Å². The van der Waals surface area contributed by atoms with Gasteiger partial charge in [-0.2, -0.15) is 10.2 Å². The number of aryl methyl sites for hydroxylation is 2. The minimum absolute atomic E-state index is 0.231. The third kappa shape index (κ3) is 2.42. The molecule has 0 saturated carbocycles. The molecule has 2 aromatic heterocycles. The summed E-state index contributed by atoms with van der Waals surface area (Å²) in [5.74, 6) is -0.956. The lowest BCUT2D eigenvalue weighted by atomic mass is 10.2. The molecule has 2 heterocycles. The standard InChI is InChI=1S/C12H15BrN4O2/c1-4-9-11(13)10(16(3)15-9)6-17-7(2)8(5-14-17)12(18)19/h5H,4,6H2,1-3H3,(H,18,19). The molecule has 0 saturated heterocycles. The summed E-state index contributed by atoms with van der Waals surface area (Å²) in [5, 5.41) is 17.5. The predicted octanol–water partition coefficient (Wildman–Crippen LogP) is 2.00. The Morgan fingerprint density at radius 1 is 1.53 bits per heavy atom. The highest BCUT2D eigenvalue weighted by atomic mass is 79.9. The number of hydrogen-bond donors (Lipinski definition) is 1. The summed E-state index contributed by atoms with van der Waals surface area (Å²) in [6.45, 7) is 4.28. The molecular formula is C12H15BrN4O2. The van der Waals surface area contributed by atoms with Gasteiger partial charge in [0.15, 0.2) is 0 Å². The second kappa shape index (κ2) is 5.16. The van der Waals surface area contributed by atoms with Gasteiger partial charge in [-0.05, 0) is 29.3 Å². The van der Waals surface area contributed by atoms with Crippen LogP contribution >= 0.6 is 15.9 Å². The van der Waals surface area contributed by atoms with Crippen molar-refractivity contribution in [1.29, 1.82) is 0 Å². The van der Waals surface area contributed by atoms with Gasteiger partial charge in [0.05, 0.1) is 34.3 Å². The third-order valence-corrected chi connectivity index (χ3v) is 4.05. The maximum absolute atomic E-state index is 11.0. The van der Waals surface area contributed by atoms with Gasteiger partial charge < -0.3 is 5.11 Å². The van der Waals surface area contributed by atoms with Crippen molar-refractivity contribution < 1.29 is 9.90 Å². The molecular weight excluding hydrogens is 312 g/mol. The molecule has 0 unspecified atom stereocenters. The smallest absolute Gasteiger partial charge is 0.339 e. The zero-order valence-corrected chi connectivity index (χ0v) is 12.6. The largest absolute Gasteiger partial charge is 0.478 e. The molecule has 0 radical (unpaired) electrons. The van der Waals surface area contributed by atoms with Crippen LogP contribution in [0.1, 0.15) is 34.4 Å². The molecule has 7 heteroatoms. The van der Waals surface area contributed by atoms with E-state index in [1.807, 2.05) is 14.0 Å². The summed E-state index contributed by atoms with van der Waals surface area (Å²) in [5.41, 5.74) is 2.83. The molecule has 0 atom stereocenters. The molecule has 0 amide bonds. The van der Waals surface area contributed by atoms with Crippen molar-refractivity contribution in [2.45, 2.75) is 26.8 Å². The molecule has 102 valence electrons. The summed E-state index contributed by atoms with van der Waals surface area (Å²) in [6, 6.07) is 0. The van der Waals surface area contributed by atoms with E-state index in [1.54, 1.807) is 16.3 Å². The van der Waals surface area contributed by atoms with E-state index < -0.39 is 5.97 Å². The Morgan fingerprint density at radius 3 is 2.68 bits per heavy atom. The molecule has 0 bridgehead atoms. The van der Waals surface area contributed by atoms with Crippen molar-refractivity contribution in [3.8, 4) is 0 Å². The number of carboxylic acid groups (broad SMARTS) is 1. The Hall–Kier alpha value is -1.63. The Kier molecular flexibility index (Phi) is 3.75. The molecule has 6 nitrogen and oxygen atoms in total. The lowest BCUT2D eigenvalue weighted by molar-refractivity contribution is 0.0696. The summed E-state index contributed by atoms with van der Waals surface area (Å²) < 4.78 is 4.43. The van der Waals surface area contributed by atoms with Crippen LogP contribution in [-0.2, 0) is 20.0 Å². The highest BCUT2D eigenvalue weighted by Gasteiger charge is 2.17. The number of halogens is 1. The second-order valence-corrected chi connectivity index (χ2v) is 5.08. The first-order valence-corrected chi connectivity index (χ1v) is 6.71. The average molecular weight is 327 g/mol. The van der Waals surface area contributed by atoms with Crippen LogP contribution in [0.2, 0.25) is 0 Å². The van der Waals surface area contributed by atoms with Gasteiger partial charge in [-0.1, -0.05) is 6.92 Å². The third-order valence-electron chi connectivity index (χ3n) is 3.14. The quantitative estimate of drug-likeness (QED) is 0.932. The van der Waals surface area contributed by atoms with Crippen LogP contribution in [0, 0.1) is 6.92 Å². The molecule has 0 aliphatic rings. The zero-order valence-electron chi connectivity index (χ0n) is 11.0. The first-order chi connectivity index (χ1) is 8.95. The molecule has 2 rings (SSSR count). The summed E-state index contributed by atoms with van der Waals surface area (Å²) in [7, 11) is 1.87. The van der Waals surface area contributed by atoms with Gasteiger partial charge in [-0.25, -0.2) is 4.79 Å². The first kappa shape index (κ1) is 13.8. The van der Waals surface area contributed by atoms with Crippen molar-refractivity contribution >= 4 is 21.9 Å². The van der Waals surface area contributed by atoms with Crippen molar-refractivity contribution in [3.05, 3.63) is 33.3 Å². The van der Waals surface area contributed by atoms with Crippen molar-refractivity contribution in [1.82, 2.24) is 19.6 Å². The highest BCUT2D eigenvalue weighted by Crippen LogP contribution is 2.23. The van der Waals surface area contributed by atoms with E-state index in [0.717, 1.165) is 22.3 Å². The van der Waals surface area contributed by atoms with Crippen LogP contribution in [0.25, 0.3) is 0 Å². The topological polar surface area (TPSA) is 72.9 Å². The normalized spacial score (nSPS) is 10.9. The fraction of sp³-hybridized carbons (Fsp3) is 0.417. The molecule has 0 aliphatic carbocycles. The summed E-state index contributed by atoms with van der Waals surface area (Å²) >= 11 is 3.54. The van der Waals surface area contributed by atoms with Crippen molar-refractivity contribution in [2.24, 2.45) is 7.05 Å². The van der Waals surface area contributed by atoms with E-state index in [0.29, 0.717) is 12.2 Å². The average Bonchev–Trinajstić information content (AvgIpc) is 2.85. The SMILES string of the molecule is CCc1nn(C)c(Cn2ncc(C(=O)O)c2C)c1Br. The van der Waals surface area contributed by atoms with E-state index in [2.05, 4.69) is 26.1 Å². The fourth-order valence-corrected chi connectivity index (χ4v) is 2.69. The van der Waals surface area contributed by atoms with E-state index in [9.17, 15) is 4.79 Å². The van der Waals surface area contributed by atoms with Gasteiger partial charge in [0.25, 0.3) is 0 Å². The van der Waals surface area contributed by atoms with Crippen LogP contribution in [0.4, 0.5) is 0 Å². The van der Waals surface area contributed by atoms with Crippen molar-refractivity contribution in [2.75, 3.05) is 0 Å². The molecule has 19 heavy (non-hydrogen) atoms. The van der Waals surface area contributed by atoms with Crippen LogP contribution in [0.15, 0.2) is 10.7 Å². The number of rotatable bonds is 4. The monoisotopic (exact) mass is 326 g/mol.